The molecule has 2 heterocycles. The van der Waals surface area contributed by atoms with Gasteiger partial charge in [-0.25, -0.2) is 0 Å². The van der Waals surface area contributed by atoms with Crippen LogP contribution >= 0.6 is 0 Å². The van der Waals surface area contributed by atoms with Gasteiger partial charge in [0.05, 0.1) is 0 Å². The molecule has 1 unspecified atom stereocenters. The molecule has 122 valence electrons. The topological polar surface area (TPSA) is 66.1 Å². The summed E-state index contributed by atoms with van der Waals surface area (Å²) in [5, 5.41) is 0. The third-order valence-corrected chi connectivity index (χ3v) is 5.07. The van der Waals surface area contributed by atoms with Crippen molar-refractivity contribution in [3.63, 3.8) is 0 Å². The summed E-state index contributed by atoms with van der Waals surface area (Å²) in [5.74, 6) is 0.0254. The van der Waals surface area contributed by atoms with Crippen molar-refractivity contribution in [3.05, 3.63) is 17.7 Å². The molecule has 0 saturated heterocycles. The maximum absolute atomic E-state index is 12.9. The number of amides is 1. The molecule has 3 rings (SSSR count). The Morgan fingerprint density at radius 2 is 2.00 bits per heavy atom. The summed E-state index contributed by atoms with van der Waals surface area (Å²) >= 11 is 1.43. The van der Waals surface area contributed by atoms with E-state index in [4.69, 9.17) is 0 Å². The van der Waals surface area contributed by atoms with Gasteiger partial charge in [-0.2, -0.15) is 0 Å². The number of Topliss-reactive ketones (excluding diaryl/α,β-unsaturated/α-hetero) is 1. The van der Waals surface area contributed by atoms with Gasteiger partial charge in [0.2, 0.25) is 0 Å². The third-order valence-electron chi connectivity index (χ3n) is 4.50. The van der Waals surface area contributed by atoms with Crippen LogP contribution in [0.25, 0.3) is 11.0 Å². The molecule has 1 aliphatic heterocycles. The standard InChI is InChI=1S/C17H22AsN3O2/c1-16(2,3)13(22)8-21-12-7-11-10(19-15(18)20-11)6-9(12)17(4,5)14(21)23/h6-7H,8,18H2,1-5H3,(H,19,20). The van der Waals surface area contributed by atoms with E-state index in [1.54, 1.807) is 4.90 Å². The molecule has 0 fully saturated rings. The Morgan fingerprint density at radius 1 is 1.35 bits per heavy atom. The first-order chi connectivity index (χ1) is 10.5. The summed E-state index contributed by atoms with van der Waals surface area (Å²) in [6, 6.07) is 3.92. The zero-order valence-electron chi connectivity index (χ0n) is 14.2. The summed E-state index contributed by atoms with van der Waals surface area (Å²) in [6.07, 6.45) is 0. The van der Waals surface area contributed by atoms with Crippen molar-refractivity contribution < 1.29 is 9.59 Å². The van der Waals surface area contributed by atoms with Gasteiger partial charge in [-0.05, 0) is 0 Å². The molecule has 0 saturated carbocycles. The average Bonchev–Trinajstić information content (AvgIpc) is 2.86. The minimum atomic E-state index is -0.639. The predicted octanol–water partition coefficient (Wildman–Crippen LogP) is 1.06. The Morgan fingerprint density at radius 3 is 2.61 bits per heavy atom. The van der Waals surface area contributed by atoms with Crippen LogP contribution in [0.3, 0.4) is 0 Å². The van der Waals surface area contributed by atoms with Crippen molar-refractivity contribution in [1.82, 2.24) is 9.97 Å². The summed E-state index contributed by atoms with van der Waals surface area (Å²) in [4.78, 5) is 34.6. The van der Waals surface area contributed by atoms with Gasteiger partial charge in [-0.1, -0.05) is 0 Å². The zero-order chi connectivity index (χ0) is 17.2. The number of hydrogen-bond donors (Lipinski definition) is 1. The molecular weight excluding hydrogens is 353 g/mol. The number of carbonyl (C=O) groups is 2. The van der Waals surface area contributed by atoms with Gasteiger partial charge in [0.15, 0.2) is 0 Å². The summed E-state index contributed by atoms with van der Waals surface area (Å²) in [7, 11) is 0. The van der Waals surface area contributed by atoms with E-state index < -0.39 is 10.8 Å². The molecule has 1 atom stereocenters. The second-order valence-electron chi connectivity index (χ2n) is 7.70. The fraction of sp³-hybridized carbons (Fsp3) is 0.471. The summed E-state index contributed by atoms with van der Waals surface area (Å²) in [5.41, 5.74) is 2.43. The van der Waals surface area contributed by atoms with Gasteiger partial charge in [-0.15, -0.1) is 0 Å². The van der Waals surface area contributed by atoms with Crippen LogP contribution in [0.1, 0.15) is 40.2 Å². The Labute approximate surface area is 144 Å². The van der Waals surface area contributed by atoms with Crippen molar-refractivity contribution in [2.75, 3.05) is 11.4 Å². The number of imidazole rings is 1. The number of ketones is 1. The molecule has 1 amide bonds. The number of H-pyrrole nitrogens is 1. The van der Waals surface area contributed by atoms with E-state index in [1.807, 2.05) is 46.8 Å². The fourth-order valence-electron chi connectivity index (χ4n) is 2.89. The molecule has 0 radical (unpaired) electrons. The molecule has 0 spiro atoms. The average molecular weight is 375 g/mol. The van der Waals surface area contributed by atoms with Crippen LogP contribution in [-0.2, 0) is 15.0 Å². The minimum absolute atomic E-state index is 0.0290. The summed E-state index contributed by atoms with van der Waals surface area (Å²) in [6.45, 7) is 9.57. The number of fused-ring (bicyclic) bond motifs is 2. The third kappa shape index (κ3) is 2.51. The second kappa shape index (κ2) is 4.94. The monoisotopic (exact) mass is 375 g/mol. The number of aromatic amines is 1. The molecular formula is C17H22AsN3O2. The van der Waals surface area contributed by atoms with Crippen molar-refractivity contribution in [2.45, 2.75) is 40.0 Å². The number of benzene rings is 1. The number of nitrogens with zero attached hydrogens (tertiary/aromatic N) is 2. The van der Waals surface area contributed by atoms with Gasteiger partial charge >= 0.3 is 144 Å². The Hall–Kier alpha value is -1.61. The van der Waals surface area contributed by atoms with Crippen molar-refractivity contribution in [3.8, 4) is 0 Å². The van der Waals surface area contributed by atoms with E-state index in [0.29, 0.717) is 0 Å². The van der Waals surface area contributed by atoms with Crippen LogP contribution < -0.4 is 9.51 Å². The SMILES string of the molecule is CC(C)(C)C(=O)CN1C(=O)C(C)(C)c2cc3nc([AsH2])[nH]c3cc21. The summed E-state index contributed by atoms with van der Waals surface area (Å²) < 4.78 is 0.901. The molecule has 1 aromatic heterocycles. The molecule has 1 N–H and O–H groups in total. The molecule has 1 aromatic carbocycles. The molecule has 5 nitrogen and oxygen atoms in total. The predicted molar refractivity (Wildman–Crippen MR) is 94.1 cm³/mol. The van der Waals surface area contributed by atoms with Crippen LogP contribution in [-0.4, -0.2) is 45.1 Å². The van der Waals surface area contributed by atoms with Crippen LogP contribution in [0, 0.1) is 5.41 Å². The van der Waals surface area contributed by atoms with E-state index in [-0.39, 0.29) is 18.2 Å². The number of rotatable bonds is 2. The van der Waals surface area contributed by atoms with Crippen LogP contribution in [0.2, 0.25) is 0 Å². The number of hydrogen-bond acceptors (Lipinski definition) is 3. The van der Waals surface area contributed by atoms with Crippen molar-refractivity contribution in [1.29, 1.82) is 0 Å². The Balaban J connectivity index is 2.12. The number of nitrogens with one attached hydrogen (secondary N) is 1. The molecule has 2 aromatic rings. The van der Waals surface area contributed by atoms with E-state index in [9.17, 15) is 9.59 Å². The van der Waals surface area contributed by atoms with Crippen molar-refractivity contribution >= 4 is 49.9 Å². The van der Waals surface area contributed by atoms with E-state index in [1.165, 1.54) is 16.9 Å². The molecule has 23 heavy (non-hydrogen) atoms. The van der Waals surface area contributed by atoms with E-state index >= 15 is 0 Å². The second-order valence-corrected chi connectivity index (χ2v) is 8.85. The quantitative estimate of drug-likeness (QED) is 0.799. The van der Waals surface area contributed by atoms with Gasteiger partial charge in [-0.3, -0.25) is 0 Å². The Kier molecular flexibility index (Phi) is 3.49. The zero-order valence-corrected chi connectivity index (χ0v) is 16.6. The fourth-order valence-corrected chi connectivity index (χ4v) is 3.51. The van der Waals surface area contributed by atoms with Gasteiger partial charge in [0.25, 0.3) is 0 Å². The van der Waals surface area contributed by atoms with Gasteiger partial charge < -0.3 is 0 Å². The van der Waals surface area contributed by atoms with E-state index in [2.05, 4.69) is 9.97 Å². The Bertz CT molecular complexity index is 830. The van der Waals surface area contributed by atoms with Crippen molar-refractivity contribution in [2.24, 2.45) is 5.41 Å². The normalized spacial score (nSPS) is 17.0. The molecule has 6 heteroatoms. The number of aromatic nitrogens is 2. The molecule has 1 aliphatic rings. The molecule has 0 aliphatic carbocycles. The first-order valence-corrected chi connectivity index (χ1v) is 8.88. The molecule has 0 bridgehead atoms. The van der Waals surface area contributed by atoms with Crippen LogP contribution in [0.5, 0.6) is 0 Å². The maximum atomic E-state index is 12.9. The first-order valence-electron chi connectivity index (χ1n) is 7.67. The van der Waals surface area contributed by atoms with Gasteiger partial charge in [0, 0.05) is 0 Å². The van der Waals surface area contributed by atoms with Crippen LogP contribution in [0.15, 0.2) is 12.1 Å². The van der Waals surface area contributed by atoms with Crippen LogP contribution in [0.4, 0.5) is 5.69 Å². The number of carbonyl (C=O) groups excluding carboxylic acids is 2. The number of anilines is 1. The van der Waals surface area contributed by atoms with E-state index in [0.717, 1.165) is 26.9 Å². The first kappa shape index (κ1) is 16.3. The van der Waals surface area contributed by atoms with Gasteiger partial charge in [0.1, 0.15) is 0 Å².